The van der Waals surface area contributed by atoms with E-state index in [0.717, 1.165) is 12.3 Å². The Kier molecular flexibility index (Phi) is 3.01. The molecule has 2 N–H and O–H groups in total. The fourth-order valence-electron chi connectivity index (χ4n) is 1.12. The third-order valence-corrected chi connectivity index (χ3v) is 3.46. The molecule has 0 aliphatic carbocycles. The van der Waals surface area contributed by atoms with Crippen LogP contribution < -0.4 is 5.32 Å². The third-order valence-electron chi connectivity index (χ3n) is 1.90. The highest BCUT2D eigenvalue weighted by Crippen LogP contribution is 2.24. The number of carbonyl (C=O) groups is 1. The first-order valence-corrected chi connectivity index (χ1v) is 5.21. The number of thioether (sulfide) groups is 1. The first-order chi connectivity index (χ1) is 5.51. The molecule has 0 aromatic carbocycles. The summed E-state index contributed by atoms with van der Waals surface area (Å²) in [7, 11) is 0. The Labute approximate surface area is 76.9 Å². The van der Waals surface area contributed by atoms with E-state index >= 15 is 0 Å². The summed E-state index contributed by atoms with van der Waals surface area (Å²) >= 11 is 1.72. The van der Waals surface area contributed by atoms with Crippen LogP contribution in [0.4, 0.5) is 0 Å². The van der Waals surface area contributed by atoms with Gasteiger partial charge in [-0.3, -0.25) is 4.79 Å². The highest BCUT2D eigenvalue weighted by Gasteiger charge is 2.27. The lowest BCUT2D eigenvalue weighted by atomic mass is 9.96. The van der Waals surface area contributed by atoms with Crippen molar-refractivity contribution < 1.29 is 9.90 Å². The van der Waals surface area contributed by atoms with E-state index in [2.05, 4.69) is 19.2 Å². The second-order valence-corrected chi connectivity index (χ2v) is 4.98. The molecule has 1 unspecified atom stereocenters. The van der Waals surface area contributed by atoms with Crippen LogP contribution in [0.3, 0.4) is 0 Å². The topological polar surface area (TPSA) is 49.3 Å². The van der Waals surface area contributed by atoms with Crippen LogP contribution in [-0.4, -0.2) is 35.2 Å². The standard InChI is InChI=1S/C8H15NO2S/c1-8(2)4-9-6(7(10)11)3-12-5-8/h6,9H,3-5H2,1-2H3,(H,10,11). The van der Waals surface area contributed by atoms with Crippen molar-refractivity contribution in [1.82, 2.24) is 5.32 Å². The van der Waals surface area contributed by atoms with Gasteiger partial charge in [-0.05, 0) is 11.2 Å². The normalized spacial score (nSPS) is 29.3. The Hall–Kier alpha value is -0.220. The average Bonchev–Trinajstić information content (AvgIpc) is 2.10. The summed E-state index contributed by atoms with van der Waals surface area (Å²) in [6.07, 6.45) is 0. The van der Waals surface area contributed by atoms with Gasteiger partial charge in [0.25, 0.3) is 0 Å². The van der Waals surface area contributed by atoms with E-state index in [1.807, 2.05) is 0 Å². The van der Waals surface area contributed by atoms with Crippen molar-refractivity contribution in [3.05, 3.63) is 0 Å². The lowest BCUT2D eigenvalue weighted by Crippen LogP contribution is -2.41. The molecular formula is C8H15NO2S. The summed E-state index contributed by atoms with van der Waals surface area (Å²) in [4.78, 5) is 10.6. The maximum atomic E-state index is 10.6. The molecule has 0 aromatic rings. The van der Waals surface area contributed by atoms with Crippen LogP contribution in [0.1, 0.15) is 13.8 Å². The Balaban J connectivity index is 2.50. The molecule has 0 saturated carbocycles. The van der Waals surface area contributed by atoms with Crippen LogP contribution >= 0.6 is 11.8 Å². The molecule has 12 heavy (non-hydrogen) atoms. The fraction of sp³-hybridized carbons (Fsp3) is 0.875. The predicted octanol–water partition coefficient (Wildman–Crippen LogP) is 0.802. The van der Waals surface area contributed by atoms with Gasteiger partial charge >= 0.3 is 5.97 Å². The Morgan fingerprint density at radius 2 is 2.33 bits per heavy atom. The lowest BCUT2D eigenvalue weighted by Gasteiger charge is -2.21. The third kappa shape index (κ3) is 2.68. The molecule has 0 radical (unpaired) electrons. The number of nitrogens with one attached hydrogen (secondary N) is 1. The molecule has 1 heterocycles. The van der Waals surface area contributed by atoms with Gasteiger partial charge in [-0.25, -0.2) is 0 Å². The number of carboxylic acid groups (broad SMARTS) is 1. The van der Waals surface area contributed by atoms with E-state index in [1.165, 1.54) is 0 Å². The largest absolute Gasteiger partial charge is 0.480 e. The van der Waals surface area contributed by atoms with Crippen LogP contribution in [-0.2, 0) is 4.79 Å². The molecule has 0 amide bonds. The summed E-state index contributed by atoms with van der Waals surface area (Å²) in [5.41, 5.74) is 0.217. The second-order valence-electron chi connectivity index (χ2n) is 3.95. The first kappa shape index (κ1) is 9.86. The SMILES string of the molecule is CC1(C)CNC(C(=O)O)CSC1. The van der Waals surface area contributed by atoms with Gasteiger partial charge in [-0.15, -0.1) is 0 Å². The molecule has 1 aliphatic heterocycles. The van der Waals surface area contributed by atoms with E-state index < -0.39 is 5.97 Å². The van der Waals surface area contributed by atoms with E-state index in [9.17, 15) is 4.79 Å². The maximum Gasteiger partial charge on any atom is 0.321 e. The molecule has 70 valence electrons. The molecule has 1 saturated heterocycles. The maximum absolute atomic E-state index is 10.6. The van der Waals surface area contributed by atoms with Gasteiger partial charge in [-0.2, -0.15) is 11.8 Å². The quantitative estimate of drug-likeness (QED) is 0.640. The molecule has 0 bridgehead atoms. The number of rotatable bonds is 1. The van der Waals surface area contributed by atoms with Gasteiger partial charge in [0.15, 0.2) is 0 Å². The molecule has 4 heteroatoms. The predicted molar refractivity (Wildman–Crippen MR) is 50.5 cm³/mol. The number of carboxylic acids is 1. The Morgan fingerprint density at radius 1 is 1.67 bits per heavy atom. The van der Waals surface area contributed by atoms with E-state index in [4.69, 9.17) is 5.11 Å². The molecule has 0 aromatic heterocycles. The van der Waals surface area contributed by atoms with Crippen molar-refractivity contribution in [3.8, 4) is 0 Å². The molecule has 3 nitrogen and oxygen atoms in total. The zero-order valence-corrected chi connectivity index (χ0v) is 8.28. The minimum atomic E-state index is -0.736. The fourth-order valence-corrected chi connectivity index (χ4v) is 2.39. The highest BCUT2D eigenvalue weighted by molar-refractivity contribution is 7.99. The van der Waals surface area contributed by atoms with Gasteiger partial charge in [0.05, 0.1) is 0 Å². The minimum Gasteiger partial charge on any atom is -0.480 e. The molecule has 1 aliphatic rings. The molecular weight excluding hydrogens is 174 g/mol. The van der Waals surface area contributed by atoms with Crippen LogP contribution in [0.25, 0.3) is 0 Å². The summed E-state index contributed by atoms with van der Waals surface area (Å²) < 4.78 is 0. The van der Waals surface area contributed by atoms with Crippen LogP contribution in [0.15, 0.2) is 0 Å². The van der Waals surface area contributed by atoms with Gasteiger partial charge in [-0.1, -0.05) is 13.8 Å². The van der Waals surface area contributed by atoms with Crippen molar-refractivity contribution >= 4 is 17.7 Å². The van der Waals surface area contributed by atoms with Crippen molar-refractivity contribution in [2.24, 2.45) is 5.41 Å². The monoisotopic (exact) mass is 189 g/mol. The Morgan fingerprint density at radius 3 is 2.92 bits per heavy atom. The van der Waals surface area contributed by atoms with E-state index in [0.29, 0.717) is 5.75 Å². The zero-order valence-electron chi connectivity index (χ0n) is 7.46. The Bertz CT molecular complexity index is 182. The summed E-state index contributed by atoms with van der Waals surface area (Å²) in [6, 6.07) is -0.364. The van der Waals surface area contributed by atoms with Gasteiger partial charge < -0.3 is 10.4 Å². The van der Waals surface area contributed by atoms with Gasteiger partial charge in [0.2, 0.25) is 0 Å². The minimum absolute atomic E-state index is 0.217. The average molecular weight is 189 g/mol. The second kappa shape index (κ2) is 3.66. The van der Waals surface area contributed by atoms with Crippen LogP contribution in [0.2, 0.25) is 0 Å². The van der Waals surface area contributed by atoms with Gasteiger partial charge in [0, 0.05) is 12.3 Å². The van der Waals surface area contributed by atoms with E-state index in [1.54, 1.807) is 11.8 Å². The molecule has 0 spiro atoms. The van der Waals surface area contributed by atoms with Crippen molar-refractivity contribution in [2.45, 2.75) is 19.9 Å². The van der Waals surface area contributed by atoms with Crippen LogP contribution in [0.5, 0.6) is 0 Å². The van der Waals surface area contributed by atoms with Crippen molar-refractivity contribution in [2.75, 3.05) is 18.1 Å². The highest BCUT2D eigenvalue weighted by atomic mass is 32.2. The smallest absolute Gasteiger partial charge is 0.321 e. The summed E-state index contributed by atoms with van der Waals surface area (Å²) in [5, 5.41) is 11.8. The van der Waals surface area contributed by atoms with Gasteiger partial charge in [0.1, 0.15) is 6.04 Å². The molecule has 1 rings (SSSR count). The molecule has 1 atom stereocenters. The lowest BCUT2D eigenvalue weighted by molar-refractivity contribution is -0.138. The zero-order chi connectivity index (χ0) is 9.19. The first-order valence-electron chi connectivity index (χ1n) is 4.05. The van der Waals surface area contributed by atoms with E-state index in [-0.39, 0.29) is 11.5 Å². The number of hydrogen-bond donors (Lipinski definition) is 2. The number of aliphatic carboxylic acids is 1. The summed E-state index contributed by atoms with van der Waals surface area (Å²) in [5.74, 6) is 0.975. The number of hydrogen-bond acceptors (Lipinski definition) is 3. The van der Waals surface area contributed by atoms with Crippen LogP contribution in [0, 0.1) is 5.41 Å². The van der Waals surface area contributed by atoms with Crippen molar-refractivity contribution in [3.63, 3.8) is 0 Å². The molecule has 1 fully saturated rings. The van der Waals surface area contributed by atoms with Crippen molar-refractivity contribution in [1.29, 1.82) is 0 Å². The summed E-state index contributed by atoms with van der Waals surface area (Å²) in [6.45, 7) is 5.09.